The van der Waals surface area contributed by atoms with Crippen molar-refractivity contribution in [3.63, 3.8) is 0 Å². The molecular weight excluding hydrogens is 286 g/mol. The van der Waals surface area contributed by atoms with Crippen LogP contribution in [-0.2, 0) is 0 Å². The molecule has 2 aromatic carbocycles. The van der Waals surface area contributed by atoms with Gasteiger partial charge in [0.15, 0.2) is 0 Å². The number of benzene rings is 2. The van der Waals surface area contributed by atoms with E-state index in [-0.39, 0.29) is 11.8 Å². The van der Waals surface area contributed by atoms with Gasteiger partial charge in [0.2, 0.25) is 5.88 Å². The van der Waals surface area contributed by atoms with Crippen molar-refractivity contribution in [3.05, 3.63) is 70.1 Å². The Balaban J connectivity index is 2.21. The van der Waals surface area contributed by atoms with Gasteiger partial charge in [-0.1, -0.05) is 29.8 Å². The molecule has 0 aliphatic carbocycles. The van der Waals surface area contributed by atoms with Gasteiger partial charge in [-0.05, 0) is 23.8 Å². The lowest BCUT2D eigenvalue weighted by Crippen LogP contribution is -2.21. The summed E-state index contributed by atoms with van der Waals surface area (Å²) in [5, 5.41) is 10.0. The van der Waals surface area contributed by atoms with Crippen LogP contribution in [0.4, 0.5) is 5.69 Å². The van der Waals surface area contributed by atoms with Crippen LogP contribution in [0.1, 0.15) is 17.0 Å². The molecule has 0 unspecified atom stereocenters. The second kappa shape index (κ2) is 5.04. The van der Waals surface area contributed by atoms with E-state index in [2.05, 4.69) is 6.07 Å². The highest BCUT2D eigenvalue weighted by molar-refractivity contribution is 6.30. The van der Waals surface area contributed by atoms with Crippen molar-refractivity contribution in [1.82, 2.24) is 0 Å². The lowest BCUT2D eigenvalue weighted by atomic mass is 9.83. The molecule has 0 saturated carbocycles. The van der Waals surface area contributed by atoms with Crippen LogP contribution in [0.3, 0.4) is 0 Å². The molecule has 3 rings (SSSR count). The molecule has 1 aliphatic heterocycles. The molecule has 0 fully saturated rings. The van der Waals surface area contributed by atoms with Crippen molar-refractivity contribution in [2.75, 3.05) is 5.73 Å². The summed E-state index contributed by atoms with van der Waals surface area (Å²) >= 11 is 5.93. The predicted octanol–water partition coefficient (Wildman–Crippen LogP) is 3.14. The van der Waals surface area contributed by atoms with Gasteiger partial charge in [0.05, 0.1) is 5.92 Å². The highest BCUT2D eigenvalue weighted by Crippen LogP contribution is 2.42. The maximum atomic E-state index is 9.41. The first-order valence-corrected chi connectivity index (χ1v) is 6.70. The van der Waals surface area contributed by atoms with E-state index in [1.54, 1.807) is 24.3 Å². The van der Waals surface area contributed by atoms with Crippen LogP contribution < -0.4 is 16.2 Å². The van der Waals surface area contributed by atoms with E-state index in [0.717, 1.165) is 11.1 Å². The lowest BCUT2D eigenvalue weighted by Gasteiger charge is -2.26. The standard InChI is InChI=1S/C16H12ClN3O/c17-10-3-1-9(2-4-10)15-12-6-5-11(19)7-14(12)21-16(20)13(15)8-18/h1-7,15H,19-20H2/t15-/m1/s1. The molecule has 4 nitrogen and oxygen atoms in total. The molecule has 0 amide bonds. The largest absolute Gasteiger partial charge is 0.440 e. The molecule has 1 heterocycles. The van der Waals surface area contributed by atoms with Crippen molar-refractivity contribution in [2.45, 2.75) is 5.92 Å². The maximum absolute atomic E-state index is 9.41. The van der Waals surface area contributed by atoms with E-state index in [1.807, 2.05) is 18.2 Å². The average Bonchev–Trinajstić information content (AvgIpc) is 2.46. The Bertz CT molecular complexity index is 775. The van der Waals surface area contributed by atoms with Gasteiger partial charge in [0, 0.05) is 22.3 Å². The third-order valence-electron chi connectivity index (χ3n) is 3.45. The summed E-state index contributed by atoms with van der Waals surface area (Å²) in [6.45, 7) is 0. The molecule has 1 aliphatic rings. The smallest absolute Gasteiger partial charge is 0.205 e. The monoisotopic (exact) mass is 297 g/mol. The normalized spacial score (nSPS) is 16.9. The summed E-state index contributed by atoms with van der Waals surface area (Å²) in [6.07, 6.45) is 0. The minimum absolute atomic E-state index is 0.107. The molecule has 2 aromatic rings. The third-order valence-corrected chi connectivity index (χ3v) is 3.70. The number of nitriles is 1. The molecule has 0 saturated heterocycles. The van der Waals surface area contributed by atoms with Crippen LogP contribution in [0.25, 0.3) is 0 Å². The van der Waals surface area contributed by atoms with Crippen LogP contribution in [0, 0.1) is 11.3 Å². The highest BCUT2D eigenvalue weighted by atomic mass is 35.5. The minimum atomic E-state index is -0.281. The van der Waals surface area contributed by atoms with E-state index in [0.29, 0.717) is 22.0 Å². The van der Waals surface area contributed by atoms with Gasteiger partial charge in [-0.25, -0.2) is 0 Å². The quantitative estimate of drug-likeness (QED) is 0.792. The van der Waals surface area contributed by atoms with Gasteiger partial charge in [0.25, 0.3) is 0 Å². The van der Waals surface area contributed by atoms with Crippen molar-refractivity contribution in [2.24, 2.45) is 5.73 Å². The Labute approximate surface area is 127 Å². The molecule has 21 heavy (non-hydrogen) atoms. The molecule has 4 N–H and O–H groups in total. The van der Waals surface area contributed by atoms with E-state index in [4.69, 9.17) is 27.8 Å². The second-order valence-corrected chi connectivity index (χ2v) is 5.21. The van der Waals surface area contributed by atoms with Gasteiger partial charge >= 0.3 is 0 Å². The summed E-state index contributed by atoms with van der Waals surface area (Å²) in [5.74, 6) is 0.401. The number of allylic oxidation sites excluding steroid dienone is 1. The third kappa shape index (κ3) is 2.28. The summed E-state index contributed by atoms with van der Waals surface area (Å²) in [4.78, 5) is 0. The molecule has 0 radical (unpaired) electrons. The Morgan fingerprint density at radius 2 is 1.81 bits per heavy atom. The zero-order valence-electron chi connectivity index (χ0n) is 11.0. The fourth-order valence-corrected chi connectivity index (χ4v) is 2.60. The second-order valence-electron chi connectivity index (χ2n) is 4.77. The lowest BCUT2D eigenvalue weighted by molar-refractivity contribution is 0.394. The number of nitrogens with zero attached hydrogens (tertiary/aromatic N) is 1. The summed E-state index contributed by atoms with van der Waals surface area (Å²) in [6, 6.07) is 14.8. The zero-order valence-corrected chi connectivity index (χ0v) is 11.8. The van der Waals surface area contributed by atoms with Crippen LogP contribution >= 0.6 is 11.6 Å². The first kappa shape index (κ1) is 13.3. The summed E-state index contributed by atoms with van der Waals surface area (Å²) < 4.78 is 5.52. The van der Waals surface area contributed by atoms with Crippen molar-refractivity contribution in [1.29, 1.82) is 5.26 Å². The number of nitrogens with two attached hydrogens (primary N) is 2. The van der Waals surface area contributed by atoms with Gasteiger partial charge in [0.1, 0.15) is 17.4 Å². The number of ether oxygens (including phenoxy) is 1. The van der Waals surface area contributed by atoms with Gasteiger partial charge in [-0.15, -0.1) is 0 Å². The minimum Gasteiger partial charge on any atom is -0.440 e. The van der Waals surface area contributed by atoms with Gasteiger partial charge in [-0.3, -0.25) is 0 Å². The summed E-state index contributed by atoms with van der Waals surface area (Å²) in [5.41, 5.74) is 14.4. The average molecular weight is 298 g/mol. The highest BCUT2D eigenvalue weighted by Gasteiger charge is 2.30. The van der Waals surface area contributed by atoms with Crippen LogP contribution in [0.15, 0.2) is 53.9 Å². The number of halogens is 1. The molecule has 104 valence electrons. The molecule has 1 atom stereocenters. The molecule has 0 aromatic heterocycles. The first-order chi connectivity index (χ1) is 10.1. The van der Waals surface area contributed by atoms with Crippen LogP contribution in [0.5, 0.6) is 5.75 Å². The van der Waals surface area contributed by atoms with E-state index in [9.17, 15) is 5.26 Å². The molecule has 5 heteroatoms. The Morgan fingerprint density at radius 3 is 2.48 bits per heavy atom. The Kier molecular flexibility index (Phi) is 3.20. The van der Waals surface area contributed by atoms with Gasteiger partial charge in [-0.2, -0.15) is 5.26 Å². The van der Waals surface area contributed by atoms with E-state index in [1.165, 1.54) is 0 Å². The number of nitrogen functional groups attached to an aromatic ring is 1. The molecule has 0 bridgehead atoms. The van der Waals surface area contributed by atoms with Crippen molar-refractivity contribution in [3.8, 4) is 11.8 Å². The molecular formula is C16H12ClN3O. The maximum Gasteiger partial charge on any atom is 0.205 e. The SMILES string of the molecule is N#CC1=C(N)Oc2cc(N)ccc2[C@H]1c1ccc(Cl)cc1. The Hall–Kier alpha value is -2.64. The summed E-state index contributed by atoms with van der Waals surface area (Å²) in [7, 11) is 0. The van der Waals surface area contributed by atoms with Crippen molar-refractivity contribution < 1.29 is 4.74 Å². The zero-order chi connectivity index (χ0) is 15.0. The van der Waals surface area contributed by atoms with Crippen LogP contribution in [0.2, 0.25) is 5.02 Å². The number of hydrogen-bond acceptors (Lipinski definition) is 4. The Morgan fingerprint density at radius 1 is 1.10 bits per heavy atom. The number of anilines is 1. The fourth-order valence-electron chi connectivity index (χ4n) is 2.47. The number of fused-ring (bicyclic) bond motifs is 1. The number of rotatable bonds is 1. The van der Waals surface area contributed by atoms with Crippen LogP contribution in [-0.4, -0.2) is 0 Å². The van der Waals surface area contributed by atoms with Crippen molar-refractivity contribution >= 4 is 17.3 Å². The molecule has 0 spiro atoms. The number of hydrogen-bond donors (Lipinski definition) is 2. The fraction of sp³-hybridized carbons (Fsp3) is 0.0625. The predicted molar refractivity (Wildman–Crippen MR) is 81.6 cm³/mol. The van der Waals surface area contributed by atoms with Gasteiger partial charge < -0.3 is 16.2 Å². The first-order valence-electron chi connectivity index (χ1n) is 6.32. The van der Waals surface area contributed by atoms with E-state index < -0.39 is 0 Å². The topological polar surface area (TPSA) is 85.1 Å². The van der Waals surface area contributed by atoms with E-state index >= 15 is 0 Å².